The lowest BCUT2D eigenvalue weighted by molar-refractivity contribution is 0.626. The second-order valence-electron chi connectivity index (χ2n) is 3.84. The highest BCUT2D eigenvalue weighted by Gasteiger charge is 1.93. The molecule has 0 unspecified atom stereocenters. The number of hydrogen-bond donors (Lipinski definition) is 0. The molecule has 0 saturated carbocycles. The third kappa shape index (κ3) is 4.27. The van der Waals surface area contributed by atoms with Crippen molar-refractivity contribution in [3.8, 4) is 0 Å². The molecule has 0 aliphatic carbocycles. The summed E-state index contributed by atoms with van der Waals surface area (Å²) in [6, 6.07) is 0. The van der Waals surface area contributed by atoms with Gasteiger partial charge in [-0.05, 0) is 26.7 Å². The summed E-state index contributed by atoms with van der Waals surface area (Å²) >= 11 is 0. The fourth-order valence-electron chi connectivity index (χ4n) is 1.31. The van der Waals surface area contributed by atoms with E-state index in [2.05, 4.69) is 34.5 Å². The molecular weight excluding hydrogens is 228 g/mol. The van der Waals surface area contributed by atoms with Gasteiger partial charge in [0.2, 0.25) is 0 Å². The van der Waals surface area contributed by atoms with Crippen LogP contribution in [0.2, 0.25) is 0 Å². The maximum Gasteiger partial charge on any atom is 0.0824 e. The van der Waals surface area contributed by atoms with E-state index in [0.29, 0.717) is 0 Å². The van der Waals surface area contributed by atoms with Crippen molar-refractivity contribution in [2.24, 2.45) is 0 Å². The number of hydrogen-bond acceptors (Lipinski definition) is 4. The Morgan fingerprint density at radius 1 is 0.778 bits per heavy atom. The van der Waals surface area contributed by atoms with Gasteiger partial charge in [0.1, 0.15) is 0 Å². The van der Waals surface area contributed by atoms with Gasteiger partial charge in [-0.15, -0.1) is 10.2 Å². The van der Waals surface area contributed by atoms with Gasteiger partial charge in [0.05, 0.1) is 11.4 Å². The van der Waals surface area contributed by atoms with Crippen molar-refractivity contribution in [3.63, 3.8) is 0 Å². The summed E-state index contributed by atoms with van der Waals surface area (Å²) in [6.45, 7) is 10.1. The first-order valence-corrected chi connectivity index (χ1v) is 6.51. The normalized spacial score (nSPS) is 10.0. The third-order valence-corrected chi connectivity index (χ3v) is 2.54. The fraction of sp³-hybridized carbons (Fsp3) is 0.667. The number of nitrogens with zero attached hydrogens (tertiary/aromatic N) is 6. The molecule has 2 aromatic rings. The van der Waals surface area contributed by atoms with Crippen LogP contribution >= 0.6 is 0 Å². The summed E-state index contributed by atoms with van der Waals surface area (Å²) in [5.41, 5.74) is 2.13. The predicted molar refractivity (Wildman–Crippen MR) is 70.1 cm³/mol. The van der Waals surface area contributed by atoms with Crippen molar-refractivity contribution in [2.45, 2.75) is 53.6 Å². The minimum Gasteiger partial charge on any atom is -0.253 e. The van der Waals surface area contributed by atoms with Crippen LogP contribution in [0.4, 0.5) is 0 Å². The van der Waals surface area contributed by atoms with E-state index in [0.717, 1.165) is 37.3 Å². The van der Waals surface area contributed by atoms with E-state index >= 15 is 0 Å². The van der Waals surface area contributed by atoms with E-state index in [4.69, 9.17) is 0 Å². The maximum absolute atomic E-state index is 3.92. The van der Waals surface area contributed by atoms with Crippen molar-refractivity contribution in [1.82, 2.24) is 30.0 Å². The van der Waals surface area contributed by atoms with Crippen LogP contribution in [0.25, 0.3) is 0 Å². The molecule has 2 heterocycles. The van der Waals surface area contributed by atoms with Gasteiger partial charge in [0.15, 0.2) is 0 Å². The van der Waals surface area contributed by atoms with Crippen LogP contribution in [0.5, 0.6) is 0 Å². The second kappa shape index (κ2) is 7.58. The molecule has 2 aromatic heterocycles. The zero-order valence-corrected chi connectivity index (χ0v) is 11.7. The smallest absolute Gasteiger partial charge is 0.0824 e. The Morgan fingerprint density at radius 2 is 1.17 bits per heavy atom. The highest BCUT2D eigenvalue weighted by molar-refractivity contribution is 4.90. The minimum absolute atomic E-state index is 0.910. The standard InChI is InChI=1S/2C6H11N3/c2*1-3-6-5-9(4-2)8-7-6/h2*5H,3-4H2,1-2H3. The second-order valence-corrected chi connectivity index (χ2v) is 3.84. The Balaban J connectivity index is 0.000000180. The maximum atomic E-state index is 3.92. The van der Waals surface area contributed by atoms with Crippen LogP contribution in [0, 0.1) is 0 Å². The molecule has 0 radical (unpaired) electrons. The molecule has 18 heavy (non-hydrogen) atoms. The Bertz CT molecular complexity index is 366. The predicted octanol–water partition coefficient (Wildman–Crippen LogP) is 1.72. The van der Waals surface area contributed by atoms with Crippen molar-refractivity contribution < 1.29 is 0 Å². The van der Waals surface area contributed by atoms with E-state index in [1.807, 2.05) is 35.6 Å². The molecule has 6 heteroatoms. The first-order valence-electron chi connectivity index (χ1n) is 6.51. The Hall–Kier alpha value is -1.72. The molecule has 0 aliphatic heterocycles. The minimum atomic E-state index is 0.910. The van der Waals surface area contributed by atoms with E-state index < -0.39 is 0 Å². The number of aryl methyl sites for hydroxylation is 4. The molecule has 0 spiro atoms. The monoisotopic (exact) mass is 250 g/mol. The molecule has 0 saturated heterocycles. The Kier molecular flexibility index (Phi) is 6.04. The summed E-state index contributed by atoms with van der Waals surface area (Å²) in [4.78, 5) is 0. The molecule has 6 nitrogen and oxygen atoms in total. The fourth-order valence-corrected chi connectivity index (χ4v) is 1.31. The van der Waals surface area contributed by atoms with Gasteiger partial charge in [-0.2, -0.15) is 0 Å². The van der Waals surface area contributed by atoms with E-state index in [9.17, 15) is 0 Å². The molecule has 0 amide bonds. The average Bonchev–Trinajstić information content (AvgIpc) is 3.07. The quantitative estimate of drug-likeness (QED) is 0.829. The largest absolute Gasteiger partial charge is 0.253 e. The topological polar surface area (TPSA) is 61.4 Å². The molecular formula is C12H22N6. The summed E-state index contributed by atoms with van der Waals surface area (Å²) in [5.74, 6) is 0. The first kappa shape index (κ1) is 14.3. The van der Waals surface area contributed by atoms with Crippen LogP contribution < -0.4 is 0 Å². The number of aromatic nitrogens is 6. The molecule has 0 bridgehead atoms. The molecule has 100 valence electrons. The van der Waals surface area contributed by atoms with Gasteiger partial charge >= 0.3 is 0 Å². The van der Waals surface area contributed by atoms with Gasteiger partial charge in [0.25, 0.3) is 0 Å². The lowest BCUT2D eigenvalue weighted by atomic mass is 10.4. The van der Waals surface area contributed by atoms with Crippen LogP contribution in [0.3, 0.4) is 0 Å². The van der Waals surface area contributed by atoms with Gasteiger partial charge in [0, 0.05) is 25.5 Å². The van der Waals surface area contributed by atoms with E-state index in [-0.39, 0.29) is 0 Å². The molecule has 0 N–H and O–H groups in total. The van der Waals surface area contributed by atoms with E-state index in [1.165, 1.54) is 0 Å². The van der Waals surface area contributed by atoms with Crippen molar-refractivity contribution in [1.29, 1.82) is 0 Å². The SMILES string of the molecule is CCc1cn(CC)nn1.CCc1cn(CC)nn1. The lowest BCUT2D eigenvalue weighted by Gasteiger charge is -1.86. The van der Waals surface area contributed by atoms with E-state index in [1.54, 1.807) is 0 Å². The highest BCUT2D eigenvalue weighted by Crippen LogP contribution is 1.92. The molecule has 0 aromatic carbocycles. The van der Waals surface area contributed by atoms with Crippen LogP contribution in [0.1, 0.15) is 39.1 Å². The zero-order chi connectivity index (χ0) is 13.4. The van der Waals surface area contributed by atoms with Crippen LogP contribution in [-0.4, -0.2) is 30.0 Å². The number of rotatable bonds is 4. The van der Waals surface area contributed by atoms with Gasteiger partial charge in [-0.25, -0.2) is 0 Å². The molecule has 0 aliphatic rings. The summed E-state index contributed by atoms with van der Waals surface area (Å²) < 4.78 is 3.66. The van der Waals surface area contributed by atoms with Gasteiger partial charge in [-0.3, -0.25) is 9.36 Å². The van der Waals surface area contributed by atoms with Crippen molar-refractivity contribution in [3.05, 3.63) is 23.8 Å². The van der Waals surface area contributed by atoms with Gasteiger partial charge < -0.3 is 0 Å². The summed E-state index contributed by atoms with van der Waals surface area (Å²) in [7, 11) is 0. The van der Waals surface area contributed by atoms with Crippen LogP contribution in [-0.2, 0) is 25.9 Å². The van der Waals surface area contributed by atoms with Gasteiger partial charge in [-0.1, -0.05) is 24.3 Å². The van der Waals surface area contributed by atoms with Crippen LogP contribution in [0.15, 0.2) is 12.4 Å². The van der Waals surface area contributed by atoms with Crippen molar-refractivity contribution in [2.75, 3.05) is 0 Å². The Labute approximate surface area is 108 Å². The lowest BCUT2D eigenvalue weighted by Crippen LogP contribution is -1.93. The third-order valence-electron chi connectivity index (χ3n) is 2.54. The molecule has 0 fully saturated rings. The molecule has 0 atom stereocenters. The molecule has 2 rings (SSSR count). The average molecular weight is 250 g/mol. The summed E-state index contributed by atoms with van der Waals surface area (Å²) in [6.07, 6.45) is 5.89. The highest BCUT2D eigenvalue weighted by atomic mass is 15.4. The first-order chi connectivity index (χ1) is 8.73. The Morgan fingerprint density at radius 3 is 1.33 bits per heavy atom. The van der Waals surface area contributed by atoms with Crippen molar-refractivity contribution >= 4 is 0 Å². The zero-order valence-electron chi connectivity index (χ0n) is 11.7. The summed E-state index contributed by atoms with van der Waals surface area (Å²) in [5, 5.41) is 15.6.